The van der Waals surface area contributed by atoms with Crippen molar-refractivity contribution in [2.75, 3.05) is 0 Å². The Labute approximate surface area is 212 Å². The third-order valence-corrected chi connectivity index (χ3v) is 6.95. The van der Waals surface area contributed by atoms with Gasteiger partial charge in [0, 0.05) is 23.2 Å². The van der Waals surface area contributed by atoms with Crippen LogP contribution >= 0.6 is 0 Å². The molecule has 0 radical (unpaired) electrons. The number of hydrogen-bond acceptors (Lipinski definition) is 4. The van der Waals surface area contributed by atoms with E-state index in [1.165, 1.54) is 11.1 Å². The van der Waals surface area contributed by atoms with Crippen LogP contribution in [-0.2, 0) is 9.68 Å². The zero-order valence-corrected chi connectivity index (χ0v) is 25.3. The van der Waals surface area contributed by atoms with Gasteiger partial charge in [0.15, 0.2) is 0 Å². The maximum Gasteiger partial charge on any atom is 0.101 e. The molecule has 34 heavy (non-hydrogen) atoms. The van der Waals surface area contributed by atoms with Gasteiger partial charge >= 0.3 is 0 Å². The van der Waals surface area contributed by atoms with E-state index >= 15 is 0 Å². The van der Waals surface area contributed by atoms with E-state index in [2.05, 4.69) is 145 Å². The van der Waals surface area contributed by atoms with Crippen LogP contribution in [0.25, 0.3) is 0 Å². The van der Waals surface area contributed by atoms with Crippen molar-refractivity contribution in [3.8, 4) is 0 Å². The molecule has 0 spiro atoms. The molecule has 0 aliphatic rings. The molecule has 0 aliphatic carbocycles. The first-order valence-electron chi connectivity index (χ1n) is 13.1. The summed E-state index contributed by atoms with van der Waals surface area (Å²) in [5, 5.41) is 4.35. The minimum absolute atomic E-state index is 0.0405. The molecule has 1 aromatic rings. The molecule has 0 bridgehead atoms. The summed E-state index contributed by atoms with van der Waals surface area (Å²) >= 11 is 0. The van der Waals surface area contributed by atoms with Gasteiger partial charge in [0.1, 0.15) is 12.2 Å². The molecular formula is C30H56N2O2. The first kappa shape index (κ1) is 31.1. The third kappa shape index (κ3) is 8.62. The predicted octanol–water partition coefficient (Wildman–Crippen LogP) is 8.74. The fraction of sp³-hybridized carbons (Fsp3) is 0.800. The monoisotopic (exact) mass is 476 g/mol. The molecule has 0 saturated carbocycles. The molecule has 4 unspecified atom stereocenters. The second kappa shape index (κ2) is 11.0. The maximum absolute atomic E-state index is 6.56. The highest BCUT2D eigenvalue weighted by Gasteiger charge is 2.37. The summed E-state index contributed by atoms with van der Waals surface area (Å²) in [6.45, 7) is 35.6. The molecule has 4 nitrogen and oxygen atoms in total. The summed E-state index contributed by atoms with van der Waals surface area (Å²) in [4.78, 5) is 13.1. The van der Waals surface area contributed by atoms with Gasteiger partial charge in [0.2, 0.25) is 0 Å². The number of nitrogens with zero attached hydrogens (tertiary/aromatic N) is 2. The third-order valence-electron chi connectivity index (χ3n) is 6.95. The average Bonchev–Trinajstić information content (AvgIpc) is 2.65. The van der Waals surface area contributed by atoms with Crippen molar-refractivity contribution < 1.29 is 9.68 Å². The largest absolute Gasteiger partial charge is 0.290 e. The normalized spacial score (nSPS) is 17.7. The minimum Gasteiger partial charge on any atom is -0.290 e. The molecule has 0 amide bonds. The summed E-state index contributed by atoms with van der Waals surface area (Å²) in [6.07, 6.45) is -0.0810. The van der Waals surface area contributed by atoms with Crippen molar-refractivity contribution in [1.29, 1.82) is 0 Å². The Hall–Kier alpha value is -0.940. The lowest BCUT2D eigenvalue weighted by molar-refractivity contribution is -0.275. The van der Waals surface area contributed by atoms with Gasteiger partial charge in [-0.15, -0.1) is 0 Å². The summed E-state index contributed by atoms with van der Waals surface area (Å²) in [5.41, 5.74) is 2.39. The van der Waals surface area contributed by atoms with E-state index in [4.69, 9.17) is 9.68 Å². The van der Waals surface area contributed by atoms with E-state index < -0.39 is 0 Å². The van der Waals surface area contributed by atoms with Crippen LogP contribution < -0.4 is 0 Å². The first-order chi connectivity index (χ1) is 15.1. The number of rotatable bonds is 8. The predicted molar refractivity (Wildman–Crippen MR) is 146 cm³/mol. The molecule has 0 fully saturated rings. The maximum atomic E-state index is 6.56. The topological polar surface area (TPSA) is 24.9 Å². The van der Waals surface area contributed by atoms with Crippen LogP contribution in [0.5, 0.6) is 0 Å². The van der Waals surface area contributed by atoms with Gasteiger partial charge in [-0.05, 0) is 91.2 Å². The van der Waals surface area contributed by atoms with Crippen molar-refractivity contribution in [2.24, 2.45) is 10.8 Å². The summed E-state index contributed by atoms with van der Waals surface area (Å²) in [7, 11) is 0. The summed E-state index contributed by atoms with van der Waals surface area (Å²) < 4.78 is 0. The van der Waals surface area contributed by atoms with E-state index in [1.54, 1.807) is 0 Å². The highest BCUT2D eigenvalue weighted by atomic mass is 16.7. The molecule has 4 atom stereocenters. The summed E-state index contributed by atoms with van der Waals surface area (Å²) in [6, 6.07) is 9.26. The van der Waals surface area contributed by atoms with Gasteiger partial charge < -0.3 is 0 Å². The molecule has 1 aromatic carbocycles. The van der Waals surface area contributed by atoms with Crippen molar-refractivity contribution in [2.45, 2.75) is 146 Å². The fourth-order valence-corrected chi connectivity index (χ4v) is 3.86. The highest BCUT2D eigenvalue weighted by Crippen LogP contribution is 2.35. The molecule has 1 rings (SSSR count). The van der Waals surface area contributed by atoms with Crippen LogP contribution in [0.4, 0.5) is 0 Å². The Morgan fingerprint density at radius 1 is 0.500 bits per heavy atom. The Balaban J connectivity index is 3.04. The van der Waals surface area contributed by atoms with E-state index in [0.717, 1.165) is 0 Å². The van der Waals surface area contributed by atoms with Gasteiger partial charge in [-0.25, -0.2) is 0 Å². The Morgan fingerprint density at radius 2 is 0.735 bits per heavy atom. The van der Waals surface area contributed by atoms with Gasteiger partial charge in [-0.2, -0.15) is 10.1 Å². The number of benzene rings is 1. The lowest BCUT2D eigenvalue weighted by Gasteiger charge is -2.45. The lowest BCUT2D eigenvalue weighted by atomic mass is 9.86. The van der Waals surface area contributed by atoms with Crippen LogP contribution in [0.15, 0.2) is 24.3 Å². The second-order valence-corrected chi connectivity index (χ2v) is 14.2. The van der Waals surface area contributed by atoms with Gasteiger partial charge in [0.05, 0.1) is 0 Å². The highest BCUT2D eigenvalue weighted by molar-refractivity contribution is 5.25. The molecule has 4 heteroatoms. The van der Waals surface area contributed by atoms with Gasteiger partial charge in [-0.1, -0.05) is 65.8 Å². The quantitative estimate of drug-likeness (QED) is 0.350. The zero-order valence-electron chi connectivity index (χ0n) is 25.3. The summed E-state index contributed by atoms with van der Waals surface area (Å²) in [5.74, 6) is 0. The molecule has 0 N–H and O–H groups in total. The van der Waals surface area contributed by atoms with E-state index in [9.17, 15) is 0 Å². The van der Waals surface area contributed by atoms with Crippen LogP contribution in [0.3, 0.4) is 0 Å². The van der Waals surface area contributed by atoms with Crippen LogP contribution in [0.2, 0.25) is 0 Å². The first-order valence-corrected chi connectivity index (χ1v) is 13.1. The van der Waals surface area contributed by atoms with E-state index in [-0.39, 0.29) is 46.2 Å². The van der Waals surface area contributed by atoms with Crippen molar-refractivity contribution in [3.05, 3.63) is 35.4 Å². The molecule has 0 aliphatic heterocycles. The van der Waals surface area contributed by atoms with Crippen molar-refractivity contribution in [1.82, 2.24) is 10.1 Å². The Kier molecular flexibility index (Phi) is 10.0. The molecule has 0 saturated heterocycles. The number of hydrogen-bond donors (Lipinski definition) is 0. The standard InChI is InChI=1S/C30H56N2O2/c1-21(33-31(29(11,12)13)23(3)27(5,6)7)25-17-19-26(20-18-25)22(2)34-32(30(14,15)16)24(4)28(8,9)10/h17-24H,1-16H3. The van der Waals surface area contributed by atoms with Crippen LogP contribution in [-0.4, -0.2) is 33.3 Å². The molecule has 0 heterocycles. The van der Waals surface area contributed by atoms with Gasteiger partial charge in [0.25, 0.3) is 0 Å². The van der Waals surface area contributed by atoms with Crippen molar-refractivity contribution in [3.63, 3.8) is 0 Å². The van der Waals surface area contributed by atoms with Crippen LogP contribution in [0, 0.1) is 10.8 Å². The molecule has 198 valence electrons. The lowest BCUT2D eigenvalue weighted by Crippen LogP contribution is -2.52. The molecule has 0 aromatic heterocycles. The van der Waals surface area contributed by atoms with Gasteiger partial charge in [-0.3, -0.25) is 9.68 Å². The fourth-order valence-electron chi connectivity index (χ4n) is 3.86. The average molecular weight is 477 g/mol. The minimum atomic E-state index is -0.0938. The Morgan fingerprint density at radius 3 is 0.912 bits per heavy atom. The SMILES string of the molecule is CC(ON(C(C)C(C)(C)C)C(C)(C)C)c1ccc(C(C)ON(C(C)C(C)(C)C)C(C)(C)C)cc1. The van der Waals surface area contributed by atoms with Crippen LogP contribution in [0.1, 0.15) is 134 Å². The second-order valence-electron chi connectivity index (χ2n) is 14.2. The number of hydroxylamine groups is 4. The van der Waals surface area contributed by atoms with E-state index in [1.807, 2.05) is 0 Å². The molecular weight excluding hydrogens is 420 g/mol. The zero-order chi connectivity index (χ0) is 26.9. The van der Waals surface area contributed by atoms with E-state index in [0.29, 0.717) is 0 Å². The Bertz CT molecular complexity index is 679. The smallest absolute Gasteiger partial charge is 0.101 e. The van der Waals surface area contributed by atoms with Crippen molar-refractivity contribution >= 4 is 0 Å².